The minimum absolute atomic E-state index is 0.0871. The lowest BCUT2D eigenvalue weighted by Gasteiger charge is -2.43. The fourth-order valence-electron chi connectivity index (χ4n) is 5.06. The molecule has 32 heavy (non-hydrogen) atoms. The number of hydrogen-bond acceptors (Lipinski definition) is 4. The van der Waals surface area contributed by atoms with Crippen molar-refractivity contribution < 1.29 is 14.3 Å². The first kappa shape index (κ1) is 22.2. The number of likely N-dealkylation sites (tertiary alicyclic amines) is 1. The number of benzene rings is 2. The van der Waals surface area contributed by atoms with Crippen molar-refractivity contribution in [3.05, 3.63) is 60.2 Å². The van der Waals surface area contributed by atoms with Gasteiger partial charge in [-0.05, 0) is 49.1 Å². The van der Waals surface area contributed by atoms with Crippen LogP contribution in [0.3, 0.4) is 0 Å². The second-order valence-electron chi connectivity index (χ2n) is 8.79. The van der Waals surface area contributed by atoms with Crippen LogP contribution in [-0.4, -0.2) is 68.0 Å². The van der Waals surface area contributed by atoms with Crippen LogP contribution in [-0.2, 0) is 15.0 Å². The van der Waals surface area contributed by atoms with Gasteiger partial charge >= 0.3 is 0 Å². The van der Waals surface area contributed by atoms with Gasteiger partial charge in [-0.2, -0.15) is 0 Å². The highest BCUT2D eigenvalue weighted by Crippen LogP contribution is 2.38. The van der Waals surface area contributed by atoms with E-state index < -0.39 is 5.41 Å². The lowest BCUT2D eigenvalue weighted by molar-refractivity contribution is -0.142. The van der Waals surface area contributed by atoms with E-state index in [0.717, 1.165) is 43.1 Å². The van der Waals surface area contributed by atoms with Gasteiger partial charge in [-0.1, -0.05) is 30.3 Å². The highest BCUT2D eigenvalue weighted by molar-refractivity contribution is 5.89. The molecule has 0 spiro atoms. The van der Waals surface area contributed by atoms with Crippen LogP contribution in [0.5, 0.6) is 5.75 Å². The van der Waals surface area contributed by atoms with Crippen LogP contribution >= 0.6 is 0 Å². The minimum atomic E-state index is -0.553. The van der Waals surface area contributed by atoms with E-state index in [1.54, 1.807) is 14.0 Å². The molecule has 2 saturated heterocycles. The van der Waals surface area contributed by atoms with Gasteiger partial charge in [0.2, 0.25) is 11.8 Å². The third-order valence-electron chi connectivity index (χ3n) is 7.02. The summed E-state index contributed by atoms with van der Waals surface area (Å²) < 4.78 is 5.28. The molecule has 2 amide bonds. The molecule has 0 unspecified atom stereocenters. The largest absolute Gasteiger partial charge is 0.497 e. The second-order valence-corrected chi connectivity index (χ2v) is 8.79. The third kappa shape index (κ3) is 4.45. The average Bonchev–Trinajstić information content (AvgIpc) is 3.10. The average molecular weight is 436 g/mol. The Morgan fingerprint density at radius 3 is 2.12 bits per heavy atom. The van der Waals surface area contributed by atoms with Crippen LogP contribution in [0.15, 0.2) is 54.6 Å². The highest BCUT2D eigenvalue weighted by Gasteiger charge is 2.45. The Kier molecular flexibility index (Phi) is 6.68. The molecule has 6 nitrogen and oxygen atoms in total. The molecule has 2 aromatic carbocycles. The Bertz CT molecular complexity index is 921. The molecule has 2 aliphatic heterocycles. The summed E-state index contributed by atoms with van der Waals surface area (Å²) in [5, 5.41) is 0. The first-order chi connectivity index (χ1) is 15.5. The number of anilines is 1. The topological polar surface area (TPSA) is 53.1 Å². The van der Waals surface area contributed by atoms with Crippen molar-refractivity contribution in [2.75, 3.05) is 51.3 Å². The molecule has 0 aliphatic carbocycles. The van der Waals surface area contributed by atoms with Gasteiger partial charge in [0, 0.05) is 51.9 Å². The molecule has 2 aromatic rings. The molecule has 0 atom stereocenters. The standard InChI is InChI=1S/C26H33N3O3/c1-21(30)27-17-13-26(14-18-27,22-7-4-3-5-8-22)25(31)29-16-6-15-28(19-20-29)23-9-11-24(32-2)12-10-23/h3-5,7-12H,6,13-20H2,1-2H3. The zero-order valence-electron chi connectivity index (χ0n) is 19.1. The summed E-state index contributed by atoms with van der Waals surface area (Å²) in [7, 11) is 1.67. The van der Waals surface area contributed by atoms with Gasteiger partial charge in [0.15, 0.2) is 0 Å². The molecule has 2 heterocycles. The zero-order chi connectivity index (χ0) is 22.6. The van der Waals surface area contributed by atoms with Crippen LogP contribution in [0.2, 0.25) is 0 Å². The molecule has 0 N–H and O–H groups in total. The number of ether oxygens (including phenoxy) is 1. The number of rotatable bonds is 4. The molecule has 0 aromatic heterocycles. The molecule has 2 fully saturated rings. The van der Waals surface area contributed by atoms with E-state index in [1.165, 1.54) is 0 Å². The van der Waals surface area contributed by atoms with E-state index in [9.17, 15) is 9.59 Å². The van der Waals surface area contributed by atoms with Crippen molar-refractivity contribution in [3.8, 4) is 5.75 Å². The van der Waals surface area contributed by atoms with Crippen molar-refractivity contribution in [1.29, 1.82) is 0 Å². The van der Waals surface area contributed by atoms with Crippen LogP contribution in [0.4, 0.5) is 5.69 Å². The lowest BCUT2D eigenvalue weighted by Crippen LogP contribution is -2.54. The molecule has 6 heteroatoms. The van der Waals surface area contributed by atoms with E-state index in [0.29, 0.717) is 32.5 Å². The third-order valence-corrected chi connectivity index (χ3v) is 7.02. The fourth-order valence-corrected chi connectivity index (χ4v) is 5.06. The van der Waals surface area contributed by atoms with Gasteiger partial charge in [-0.15, -0.1) is 0 Å². The SMILES string of the molecule is COc1ccc(N2CCCN(C(=O)C3(c4ccccc4)CCN(C(C)=O)CC3)CC2)cc1. The van der Waals surface area contributed by atoms with Crippen molar-refractivity contribution in [2.24, 2.45) is 0 Å². The molecule has 0 saturated carbocycles. The fraction of sp³-hybridized carbons (Fsp3) is 0.462. The monoisotopic (exact) mass is 435 g/mol. The Morgan fingerprint density at radius 2 is 1.50 bits per heavy atom. The van der Waals surface area contributed by atoms with Crippen molar-refractivity contribution in [3.63, 3.8) is 0 Å². The lowest BCUT2D eigenvalue weighted by atomic mass is 9.71. The molecular formula is C26H33N3O3. The molecule has 2 aliphatic rings. The van der Waals surface area contributed by atoms with Crippen LogP contribution in [0.25, 0.3) is 0 Å². The van der Waals surface area contributed by atoms with E-state index in [-0.39, 0.29) is 11.8 Å². The first-order valence-corrected chi connectivity index (χ1v) is 11.5. The van der Waals surface area contributed by atoms with Crippen molar-refractivity contribution >= 4 is 17.5 Å². The number of carbonyl (C=O) groups excluding carboxylic acids is 2. The maximum Gasteiger partial charge on any atom is 0.233 e. The number of methoxy groups -OCH3 is 1. The van der Waals surface area contributed by atoms with Gasteiger partial charge in [0.25, 0.3) is 0 Å². The maximum absolute atomic E-state index is 14.0. The Hall–Kier alpha value is -3.02. The van der Waals surface area contributed by atoms with Crippen LogP contribution in [0.1, 0.15) is 31.7 Å². The summed E-state index contributed by atoms with van der Waals surface area (Å²) in [6.45, 7) is 6.06. The van der Waals surface area contributed by atoms with E-state index in [4.69, 9.17) is 4.74 Å². The summed E-state index contributed by atoms with van der Waals surface area (Å²) in [5.74, 6) is 1.15. The predicted molar refractivity (Wildman–Crippen MR) is 126 cm³/mol. The van der Waals surface area contributed by atoms with Crippen LogP contribution < -0.4 is 9.64 Å². The molecule has 4 rings (SSSR count). The van der Waals surface area contributed by atoms with Gasteiger partial charge in [-0.25, -0.2) is 0 Å². The Morgan fingerprint density at radius 1 is 0.812 bits per heavy atom. The zero-order valence-corrected chi connectivity index (χ0v) is 19.1. The molecule has 0 bridgehead atoms. The number of amides is 2. The van der Waals surface area contributed by atoms with E-state index in [2.05, 4.69) is 34.1 Å². The quantitative estimate of drug-likeness (QED) is 0.739. The van der Waals surface area contributed by atoms with Gasteiger partial charge < -0.3 is 19.4 Å². The highest BCUT2D eigenvalue weighted by atomic mass is 16.5. The minimum Gasteiger partial charge on any atom is -0.497 e. The van der Waals surface area contributed by atoms with E-state index in [1.807, 2.05) is 35.2 Å². The summed E-state index contributed by atoms with van der Waals surface area (Å²) in [5.41, 5.74) is 1.68. The van der Waals surface area contributed by atoms with Crippen LogP contribution in [0, 0.1) is 0 Å². The Labute approximate surface area is 190 Å². The summed E-state index contributed by atoms with van der Waals surface area (Å²) in [6, 6.07) is 18.3. The number of nitrogens with zero attached hydrogens (tertiary/aromatic N) is 3. The van der Waals surface area contributed by atoms with Crippen molar-refractivity contribution in [1.82, 2.24) is 9.80 Å². The number of hydrogen-bond donors (Lipinski definition) is 0. The second kappa shape index (κ2) is 9.63. The molecule has 170 valence electrons. The van der Waals surface area contributed by atoms with Gasteiger partial charge in [0.05, 0.1) is 12.5 Å². The number of carbonyl (C=O) groups is 2. The Balaban J connectivity index is 1.52. The first-order valence-electron chi connectivity index (χ1n) is 11.5. The maximum atomic E-state index is 14.0. The number of piperidine rings is 1. The summed E-state index contributed by atoms with van der Waals surface area (Å²) in [4.78, 5) is 32.2. The summed E-state index contributed by atoms with van der Waals surface area (Å²) >= 11 is 0. The van der Waals surface area contributed by atoms with E-state index >= 15 is 0 Å². The smallest absolute Gasteiger partial charge is 0.233 e. The molecule has 0 radical (unpaired) electrons. The molecular weight excluding hydrogens is 402 g/mol. The van der Waals surface area contributed by atoms with Crippen molar-refractivity contribution in [2.45, 2.75) is 31.6 Å². The predicted octanol–water partition coefficient (Wildman–Crippen LogP) is 3.31. The summed E-state index contributed by atoms with van der Waals surface area (Å²) in [6.07, 6.45) is 2.28. The normalized spacial score (nSPS) is 18.8. The van der Waals surface area contributed by atoms with Gasteiger partial charge in [-0.3, -0.25) is 9.59 Å². The van der Waals surface area contributed by atoms with Gasteiger partial charge in [0.1, 0.15) is 5.75 Å².